The van der Waals surface area contributed by atoms with Gasteiger partial charge in [-0.05, 0) is 40.7 Å². The van der Waals surface area contributed by atoms with Crippen molar-refractivity contribution in [2.75, 3.05) is 7.11 Å². The van der Waals surface area contributed by atoms with E-state index in [-0.39, 0.29) is 46.7 Å². The van der Waals surface area contributed by atoms with E-state index in [1.807, 2.05) is 27.7 Å². The van der Waals surface area contributed by atoms with Gasteiger partial charge in [-0.1, -0.05) is 33.8 Å². The number of carbonyl (C=O) groups is 2. The number of carbonyl (C=O) groups excluding carboxylic acids is 2. The van der Waals surface area contributed by atoms with Crippen molar-refractivity contribution in [3.8, 4) is 17.2 Å². The van der Waals surface area contributed by atoms with E-state index < -0.39 is 34.0 Å². The Bertz CT molecular complexity index is 1530. The number of halogens is 3. The van der Waals surface area contributed by atoms with E-state index in [0.717, 1.165) is 6.07 Å². The molecule has 11 heteroatoms. The van der Waals surface area contributed by atoms with E-state index in [9.17, 15) is 32.9 Å². The molecule has 1 heterocycles. The number of Topliss-reactive ketones (excluding diaryl/α,β-unsaturated/α-hetero) is 2. The van der Waals surface area contributed by atoms with Crippen molar-refractivity contribution < 1.29 is 41.9 Å². The van der Waals surface area contributed by atoms with Crippen LogP contribution in [-0.2, 0) is 20.5 Å². The third-order valence-electron chi connectivity index (χ3n) is 7.81. The molecule has 0 spiro atoms. The Balaban J connectivity index is 1.60. The van der Waals surface area contributed by atoms with Gasteiger partial charge in [-0.25, -0.2) is 0 Å². The largest absolute Gasteiger partial charge is 0.493 e. The van der Waals surface area contributed by atoms with Crippen LogP contribution >= 0.6 is 0 Å². The van der Waals surface area contributed by atoms with Crippen LogP contribution in [0.3, 0.4) is 0 Å². The average Bonchev–Trinajstić information content (AvgIpc) is 2.85. The summed E-state index contributed by atoms with van der Waals surface area (Å²) in [4.78, 5) is 37.7. The van der Waals surface area contributed by atoms with Crippen molar-refractivity contribution in [1.29, 1.82) is 0 Å². The summed E-state index contributed by atoms with van der Waals surface area (Å²) in [6.45, 7) is 7.95. The van der Waals surface area contributed by atoms with E-state index in [0.29, 0.717) is 53.2 Å². The Morgan fingerprint density at radius 1 is 0.857 bits per heavy atom. The first-order valence-corrected chi connectivity index (χ1v) is 13.4. The highest BCUT2D eigenvalue weighted by molar-refractivity contribution is 6.06. The van der Waals surface area contributed by atoms with Crippen molar-refractivity contribution in [3.05, 3.63) is 80.3 Å². The van der Waals surface area contributed by atoms with E-state index in [1.54, 1.807) is 12.1 Å². The lowest BCUT2D eigenvalue weighted by Crippen LogP contribution is -2.37. The van der Waals surface area contributed by atoms with Gasteiger partial charge < -0.3 is 14.2 Å². The summed E-state index contributed by atoms with van der Waals surface area (Å²) < 4.78 is 57.0. The van der Waals surface area contributed by atoms with Crippen LogP contribution in [0.4, 0.5) is 18.9 Å². The first-order valence-electron chi connectivity index (χ1n) is 13.4. The molecule has 0 atom stereocenters. The van der Waals surface area contributed by atoms with Crippen LogP contribution in [-0.4, -0.2) is 23.6 Å². The van der Waals surface area contributed by atoms with E-state index in [2.05, 4.69) is 0 Å². The highest BCUT2D eigenvalue weighted by Gasteiger charge is 2.48. The molecule has 0 amide bonds. The molecular formula is C31H30F3NO7. The lowest BCUT2D eigenvalue weighted by Gasteiger charge is -2.42. The molecule has 5 rings (SSSR count). The third-order valence-corrected chi connectivity index (χ3v) is 7.81. The number of allylic oxidation sites excluding steroid dienone is 4. The molecular weight excluding hydrogens is 555 g/mol. The summed E-state index contributed by atoms with van der Waals surface area (Å²) in [5, 5.41) is 11.6. The predicted molar refractivity (Wildman–Crippen MR) is 145 cm³/mol. The number of hydrogen-bond donors (Lipinski definition) is 0. The van der Waals surface area contributed by atoms with Gasteiger partial charge >= 0.3 is 11.9 Å². The van der Waals surface area contributed by atoms with Gasteiger partial charge in [0.15, 0.2) is 23.1 Å². The minimum Gasteiger partial charge on any atom is -0.493 e. The number of nitro groups is 1. The van der Waals surface area contributed by atoms with Crippen molar-refractivity contribution in [3.63, 3.8) is 0 Å². The second-order valence-corrected chi connectivity index (χ2v) is 12.5. The number of rotatable bonds is 5. The summed E-state index contributed by atoms with van der Waals surface area (Å²) in [6, 6.07) is 6.65. The number of hydrogen-bond acceptors (Lipinski definition) is 7. The van der Waals surface area contributed by atoms with Crippen molar-refractivity contribution in [1.82, 2.24) is 0 Å². The average molecular weight is 586 g/mol. The van der Waals surface area contributed by atoms with Crippen LogP contribution < -0.4 is 9.47 Å². The monoisotopic (exact) mass is 585 g/mol. The van der Waals surface area contributed by atoms with E-state index >= 15 is 0 Å². The molecule has 42 heavy (non-hydrogen) atoms. The summed E-state index contributed by atoms with van der Waals surface area (Å²) in [5.41, 5.74) is -1.28. The zero-order chi connectivity index (χ0) is 30.8. The molecule has 0 saturated carbocycles. The van der Waals surface area contributed by atoms with Gasteiger partial charge in [0.25, 0.3) is 0 Å². The quantitative estimate of drug-likeness (QED) is 0.260. The topological polar surface area (TPSA) is 105 Å². The Morgan fingerprint density at radius 3 is 1.90 bits per heavy atom. The molecule has 1 aliphatic heterocycles. The van der Waals surface area contributed by atoms with Gasteiger partial charge in [-0.2, -0.15) is 13.2 Å². The lowest BCUT2D eigenvalue weighted by molar-refractivity contribution is -0.385. The van der Waals surface area contributed by atoms with E-state index in [4.69, 9.17) is 14.2 Å². The highest BCUT2D eigenvalue weighted by atomic mass is 19.4. The molecule has 0 bridgehead atoms. The first-order chi connectivity index (χ1) is 19.5. The number of methoxy groups -OCH3 is 1. The Labute approximate surface area is 240 Å². The molecule has 0 aromatic heterocycles. The van der Waals surface area contributed by atoms with Crippen LogP contribution in [0.5, 0.6) is 17.2 Å². The second kappa shape index (κ2) is 9.99. The van der Waals surface area contributed by atoms with Crippen LogP contribution in [0.15, 0.2) is 59.1 Å². The number of ether oxygens (including phenoxy) is 3. The Hall–Kier alpha value is -4.15. The fraction of sp³-hybridized carbons (Fsp3) is 0.419. The number of ketones is 2. The maximum atomic E-state index is 13.5. The molecule has 0 N–H and O–H groups in total. The van der Waals surface area contributed by atoms with Crippen molar-refractivity contribution in [2.24, 2.45) is 10.8 Å². The van der Waals surface area contributed by atoms with Gasteiger partial charge in [0.2, 0.25) is 5.75 Å². The number of nitro benzene ring substituents is 1. The minimum atomic E-state index is -4.77. The zero-order valence-electron chi connectivity index (χ0n) is 23.8. The molecule has 2 aliphatic carbocycles. The standard InChI is InChI=1S/C31H30F3NO7/c1-29(2)12-19(36)27-24(14-29)42-25-15-30(3,4)13-20(37)28(25)26(27)16-6-8-22(23(10-16)40-5)41-21-9-7-17(31(32,33)34)11-18(21)35(38)39/h6-11,26H,12-15H2,1-5H3. The molecule has 8 nitrogen and oxygen atoms in total. The van der Waals surface area contributed by atoms with Gasteiger partial charge in [-0.15, -0.1) is 0 Å². The van der Waals surface area contributed by atoms with Gasteiger partial charge in [-0.3, -0.25) is 19.7 Å². The maximum absolute atomic E-state index is 13.5. The van der Waals surface area contributed by atoms with Crippen LogP contribution in [0.2, 0.25) is 0 Å². The van der Waals surface area contributed by atoms with Gasteiger partial charge in [0, 0.05) is 48.8 Å². The fourth-order valence-electron chi connectivity index (χ4n) is 6.00. The summed E-state index contributed by atoms with van der Waals surface area (Å²) in [5.74, 6) is -0.134. The Kier molecular flexibility index (Phi) is 6.98. The van der Waals surface area contributed by atoms with Crippen LogP contribution in [0.1, 0.15) is 70.4 Å². The molecule has 0 fully saturated rings. The molecule has 3 aliphatic rings. The molecule has 2 aromatic rings. The van der Waals surface area contributed by atoms with E-state index in [1.165, 1.54) is 13.2 Å². The molecule has 222 valence electrons. The summed E-state index contributed by atoms with van der Waals surface area (Å²) >= 11 is 0. The number of nitrogens with zero attached hydrogens (tertiary/aromatic N) is 1. The maximum Gasteiger partial charge on any atom is 0.416 e. The number of benzene rings is 2. The SMILES string of the molecule is COc1cc(C2C3=C(CC(C)(C)CC3=O)OC3=C2C(=O)CC(C)(C)C3)ccc1Oc1ccc(C(F)(F)F)cc1[N+](=O)[O-]. The highest BCUT2D eigenvalue weighted by Crippen LogP contribution is 2.54. The molecule has 2 aromatic carbocycles. The first kappa shape index (κ1) is 29.3. The third kappa shape index (κ3) is 5.39. The lowest BCUT2D eigenvalue weighted by atomic mass is 9.65. The smallest absolute Gasteiger partial charge is 0.416 e. The minimum absolute atomic E-state index is 0.00628. The molecule has 0 unspecified atom stereocenters. The summed E-state index contributed by atoms with van der Waals surface area (Å²) in [6.07, 6.45) is -3.17. The molecule has 0 radical (unpaired) electrons. The Morgan fingerprint density at radius 2 is 1.40 bits per heavy atom. The van der Waals surface area contributed by atoms with Gasteiger partial charge in [0.1, 0.15) is 11.5 Å². The zero-order valence-corrected chi connectivity index (χ0v) is 23.8. The predicted octanol–water partition coefficient (Wildman–Crippen LogP) is 7.81. The normalized spacial score (nSPS) is 20.1. The number of alkyl halides is 3. The van der Waals surface area contributed by atoms with Crippen molar-refractivity contribution in [2.45, 2.75) is 65.5 Å². The van der Waals surface area contributed by atoms with Crippen LogP contribution in [0, 0.1) is 20.9 Å². The van der Waals surface area contributed by atoms with Gasteiger partial charge in [0.05, 0.1) is 17.6 Å². The molecule has 0 saturated heterocycles. The second-order valence-electron chi connectivity index (χ2n) is 12.5. The fourth-order valence-corrected chi connectivity index (χ4v) is 6.00. The van der Waals surface area contributed by atoms with Crippen molar-refractivity contribution >= 4 is 17.3 Å². The summed E-state index contributed by atoms with van der Waals surface area (Å²) in [7, 11) is 1.34. The van der Waals surface area contributed by atoms with Crippen LogP contribution in [0.25, 0.3) is 0 Å².